The van der Waals surface area contributed by atoms with Crippen LogP contribution in [0.2, 0.25) is 0 Å². The minimum Gasteiger partial charge on any atom is -0.458 e. The molecule has 1 aliphatic carbocycles. The van der Waals surface area contributed by atoms with Gasteiger partial charge in [0.25, 0.3) is 0 Å². The molecule has 0 heterocycles. The molecule has 3 nitrogen and oxygen atoms in total. The van der Waals surface area contributed by atoms with Gasteiger partial charge in [-0.1, -0.05) is 79.9 Å². The molecule has 1 saturated carbocycles. The number of ether oxygens (including phenoxy) is 1. The highest BCUT2D eigenvalue weighted by atomic mass is 16.6. The van der Waals surface area contributed by atoms with E-state index in [0.717, 1.165) is 11.1 Å². The third kappa shape index (κ3) is 5.67. The van der Waals surface area contributed by atoms with E-state index in [1.807, 2.05) is 74.5 Å². The zero-order valence-electron chi connectivity index (χ0n) is 16.5. The molecular weight excluding hydrogens is 334 g/mol. The van der Waals surface area contributed by atoms with Gasteiger partial charge in [-0.05, 0) is 37.8 Å². The summed E-state index contributed by atoms with van der Waals surface area (Å²) in [5, 5.41) is 3.61. The number of nitrogens with one attached hydrogen (secondary N) is 1. The molecule has 0 amide bonds. The molecule has 0 atom stereocenters. The number of hydrogen-bond acceptors (Lipinski definition) is 3. The van der Waals surface area contributed by atoms with Crippen LogP contribution in [0.3, 0.4) is 0 Å². The molecule has 2 aromatic carbocycles. The van der Waals surface area contributed by atoms with Gasteiger partial charge in [0.2, 0.25) is 0 Å². The molecule has 0 saturated heterocycles. The Morgan fingerprint density at radius 3 is 2.00 bits per heavy atom. The monoisotopic (exact) mass is 365 g/mol. The van der Waals surface area contributed by atoms with Crippen molar-refractivity contribution in [2.45, 2.75) is 63.5 Å². The van der Waals surface area contributed by atoms with Gasteiger partial charge in [-0.15, -0.1) is 0 Å². The minimum absolute atomic E-state index is 0.192. The first-order valence-electron chi connectivity index (χ1n) is 10.1. The fraction of sp³-hybridized carbons (Fsp3) is 0.458. The van der Waals surface area contributed by atoms with E-state index in [9.17, 15) is 4.79 Å². The second kappa shape index (κ2) is 9.18. The maximum Gasteiger partial charge on any atom is 0.318 e. The maximum atomic E-state index is 13.2. The van der Waals surface area contributed by atoms with Crippen molar-refractivity contribution in [3.8, 4) is 0 Å². The lowest BCUT2D eigenvalue weighted by Crippen LogP contribution is -2.44. The van der Waals surface area contributed by atoms with Crippen molar-refractivity contribution in [2.75, 3.05) is 6.54 Å². The van der Waals surface area contributed by atoms with Crippen molar-refractivity contribution < 1.29 is 9.53 Å². The maximum absolute atomic E-state index is 13.2. The van der Waals surface area contributed by atoms with E-state index in [1.165, 1.54) is 32.1 Å². The Labute approximate surface area is 163 Å². The predicted octanol–water partition coefficient (Wildman–Crippen LogP) is 5.06. The smallest absolute Gasteiger partial charge is 0.318 e. The molecule has 1 N–H and O–H groups in total. The number of rotatable bonds is 7. The lowest BCUT2D eigenvalue weighted by Gasteiger charge is -2.31. The fourth-order valence-electron chi connectivity index (χ4n) is 3.82. The zero-order valence-corrected chi connectivity index (χ0v) is 16.5. The van der Waals surface area contributed by atoms with Crippen molar-refractivity contribution in [1.82, 2.24) is 5.32 Å². The quantitative estimate of drug-likeness (QED) is 0.697. The standard InChI is InChI=1S/C24H31NO2/c1-24(2,18-25-21-16-10-5-11-17-21)27-23(26)22(19-12-6-3-7-13-19)20-14-8-4-9-15-20/h3-4,6-9,12-15,21-22,25H,5,10-11,16-18H2,1-2H3. The molecule has 144 valence electrons. The van der Waals surface area contributed by atoms with Crippen LogP contribution in [-0.4, -0.2) is 24.2 Å². The average Bonchev–Trinajstić information content (AvgIpc) is 2.69. The summed E-state index contributed by atoms with van der Waals surface area (Å²) in [7, 11) is 0. The van der Waals surface area contributed by atoms with Crippen molar-refractivity contribution in [1.29, 1.82) is 0 Å². The van der Waals surface area contributed by atoms with Crippen LogP contribution in [0.1, 0.15) is 63.0 Å². The lowest BCUT2D eigenvalue weighted by atomic mass is 9.91. The van der Waals surface area contributed by atoms with Crippen molar-refractivity contribution in [3.05, 3.63) is 71.8 Å². The van der Waals surface area contributed by atoms with E-state index in [0.29, 0.717) is 12.6 Å². The highest BCUT2D eigenvalue weighted by molar-refractivity contribution is 5.82. The molecule has 3 heteroatoms. The van der Waals surface area contributed by atoms with Crippen molar-refractivity contribution >= 4 is 5.97 Å². The second-order valence-corrected chi connectivity index (χ2v) is 8.15. The van der Waals surface area contributed by atoms with Gasteiger partial charge < -0.3 is 10.1 Å². The summed E-state index contributed by atoms with van der Waals surface area (Å²) >= 11 is 0. The molecule has 0 unspecified atom stereocenters. The molecule has 2 aromatic rings. The normalized spacial score (nSPS) is 15.7. The van der Waals surface area contributed by atoms with Crippen LogP contribution < -0.4 is 5.32 Å². The SMILES string of the molecule is CC(C)(CNC1CCCCC1)OC(=O)C(c1ccccc1)c1ccccc1. The first kappa shape index (κ1) is 19.6. The van der Waals surface area contributed by atoms with E-state index in [-0.39, 0.29) is 5.97 Å². The van der Waals surface area contributed by atoms with E-state index in [2.05, 4.69) is 5.32 Å². The molecule has 3 rings (SSSR count). The van der Waals surface area contributed by atoms with Crippen LogP contribution in [0.5, 0.6) is 0 Å². The molecule has 0 aliphatic heterocycles. The number of benzene rings is 2. The van der Waals surface area contributed by atoms with E-state index in [4.69, 9.17) is 4.74 Å². The Morgan fingerprint density at radius 1 is 0.963 bits per heavy atom. The summed E-state index contributed by atoms with van der Waals surface area (Å²) in [6, 6.07) is 20.3. The Morgan fingerprint density at radius 2 is 1.48 bits per heavy atom. The Bertz CT molecular complexity index is 666. The zero-order chi connectivity index (χ0) is 19.1. The summed E-state index contributed by atoms with van der Waals surface area (Å²) in [6.07, 6.45) is 6.37. The van der Waals surface area contributed by atoms with Gasteiger partial charge in [0, 0.05) is 12.6 Å². The molecule has 0 aromatic heterocycles. The predicted molar refractivity (Wildman–Crippen MR) is 110 cm³/mol. The Hall–Kier alpha value is -2.13. The minimum atomic E-state index is -0.545. The van der Waals surface area contributed by atoms with E-state index >= 15 is 0 Å². The van der Waals surface area contributed by atoms with Crippen LogP contribution in [0, 0.1) is 0 Å². The number of esters is 1. The highest BCUT2D eigenvalue weighted by Crippen LogP contribution is 2.28. The topological polar surface area (TPSA) is 38.3 Å². The molecule has 27 heavy (non-hydrogen) atoms. The largest absolute Gasteiger partial charge is 0.458 e. The van der Waals surface area contributed by atoms with Gasteiger partial charge in [0.05, 0.1) is 0 Å². The van der Waals surface area contributed by atoms with Gasteiger partial charge in [0.1, 0.15) is 11.5 Å². The van der Waals surface area contributed by atoms with Gasteiger partial charge in [-0.3, -0.25) is 4.79 Å². The van der Waals surface area contributed by atoms with Gasteiger partial charge in [-0.25, -0.2) is 0 Å². The van der Waals surface area contributed by atoms with Gasteiger partial charge >= 0.3 is 5.97 Å². The van der Waals surface area contributed by atoms with E-state index in [1.54, 1.807) is 0 Å². The van der Waals surface area contributed by atoms with Gasteiger partial charge in [0.15, 0.2) is 0 Å². The van der Waals surface area contributed by atoms with Crippen LogP contribution >= 0.6 is 0 Å². The average molecular weight is 366 g/mol. The summed E-state index contributed by atoms with van der Waals surface area (Å²) in [5.41, 5.74) is 1.38. The molecular formula is C24H31NO2. The van der Waals surface area contributed by atoms with Crippen LogP contribution in [0.15, 0.2) is 60.7 Å². The van der Waals surface area contributed by atoms with Crippen molar-refractivity contribution in [3.63, 3.8) is 0 Å². The number of hydrogen-bond donors (Lipinski definition) is 1. The number of carbonyl (C=O) groups is 1. The lowest BCUT2D eigenvalue weighted by molar-refractivity contribution is -0.157. The molecule has 0 bridgehead atoms. The Balaban J connectivity index is 1.70. The van der Waals surface area contributed by atoms with Crippen LogP contribution in [0.4, 0.5) is 0 Å². The van der Waals surface area contributed by atoms with Crippen molar-refractivity contribution in [2.24, 2.45) is 0 Å². The summed E-state index contributed by atoms with van der Waals surface area (Å²) in [5.74, 6) is -0.593. The second-order valence-electron chi connectivity index (χ2n) is 8.15. The van der Waals surface area contributed by atoms with Gasteiger partial charge in [-0.2, -0.15) is 0 Å². The molecule has 1 fully saturated rings. The van der Waals surface area contributed by atoms with Crippen LogP contribution in [-0.2, 0) is 9.53 Å². The Kier molecular flexibility index (Phi) is 6.68. The number of carbonyl (C=O) groups excluding carboxylic acids is 1. The first-order chi connectivity index (χ1) is 13.1. The molecule has 0 spiro atoms. The molecule has 0 radical (unpaired) electrons. The third-order valence-corrected chi connectivity index (χ3v) is 5.30. The molecule has 1 aliphatic rings. The highest BCUT2D eigenvalue weighted by Gasteiger charge is 2.31. The summed E-state index contributed by atoms with van der Waals surface area (Å²) < 4.78 is 6.00. The summed E-state index contributed by atoms with van der Waals surface area (Å²) in [6.45, 7) is 4.67. The van der Waals surface area contributed by atoms with Crippen LogP contribution in [0.25, 0.3) is 0 Å². The summed E-state index contributed by atoms with van der Waals surface area (Å²) in [4.78, 5) is 13.2. The first-order valence-corrected chi connectivity index (χ1v) is 10.1. The third-order valence-electron chi connectivity index (χ3n) is 5.30. The fourth-order valence-corrected chi connectivity index (χ4v) is 3.82. The van der Waals surface area contributed by atoms with E-state index < -0.39 is 11.5 Å².